The van der Waals surface area contributed by atoms with Gasteiger partial charge in [0.05, 0.1) is 0 Å². The topological polar surface area (TPSA) is 52.6 Å². The maximum absolute atomic E-state index is 11.7. The summed E-state index contributed by atoms with van der Waals surface area (Å²) in [5.41, 5.74) is 2.30. The fraction of sp³-hybridized carbons (Fsp3) is 0.500. The van der Waals surface area contributed by atoms with E-state index in [1.807, 2.05) is 27.9 Å². The van der Waals surface area contributed by atoms with Gasteiger partial charge >= 0.3 is 0 Å². The minimum Gasteiger partial charge on any atom is -0.507 e. The molecule has 0 aliphatic heterocycles. The first kappa shape index (κ1) is 14.5. The predicted molar refractivity (Wildman–Crippen MR) is 74.0 cm³/mol. The molecule has 0 aromatic heterocycles. The van der Waals surface area contributed by atoms with Crippen molar-refractivity contribution in [1.82, 2.24) is 4.90 Å². The van der Waals surface area contributed by atoms with Crippen LogP contribution < -0.4 is 5.32 Å². The van der Waals surface area contributed by atoms with E-state index in [-0.39, 0.29) is 5.91 Å². The van der Waals surface area contributed by atoms with E-state index in [9.17, 15) is 9.90 Å². The molecule has 0 aliphatic carbocycles. The van der Waals surface area contributed by atoms with E-state index in [1.54, 1.807) is 12.1 Å². The highest BCUT2D eigenvalue weighted by Crippen LogP contribution is 2.25. The molecule has 0 fully saturated rings. The minimum atomic E-state index is 0.0151. The molecule has 0 bridgehead atoms. The number of hydrogen-bond donors (Lipinski definition) is 2. The Balaban J connectivity index is 2.54. The first-order valence-corrected chi connectivity index (χ1v) is 6.15. The van der Waals surface area contributed by atoms with Gasteiger partial charge in [-0.2, -0.15) is 0 Å². The molecule has 2 N–H and O–H groups in total. The van der Waals surface area contributed by atoms with E-state index in [4.69, 9.17) is 0 Å². The Hall–Kier alpha value is -1.55. The maximum Gasteiger partial charge on any atom is 0.224 e. The number of anilines is 1. The summed E-state index contributed by atoms with van der Waals surface area (Å²) in [5.74, 6) is 0.307. The number of nitrogens with zero attached hydrogens (tertiary/aromatic N) is 1. The van der Waals surface area contributed by atoms with Crippen LogP contribution in [0, 0.1) is 13.8 Å². The van der Waals surface area contributed by atoms with Crippen LogP contribution in [0.2, 0.25) is 0 Å². The molecule has 0 atom stereocenters. The Bertz CT molecular complexity index is 405. The van der Waals surface area contributed by atoms with Gasteiger partial charge in [0.1, 0.15) is 5.75 Å². The third-order valence-corrected chi connectivity index (χ3v) is 2.78. The van der Waals surface area contributed by atoms with Crippen LogP contribution in [0.15, 0.2) is 12.1 Å². The van der Waals surface area contributed by atoms with Crippen LogP contribution in [0.1, 0.15) is 24.0 Å². The molecule has 100 valence electrons. The van der Waals surface area contributed by atoms with Crippen molar-refractivity contribution in [3.8, 4) is 5.75 Å². The monoisotopic (exact) mass is 250 g/mol. The highest BCUT2D eigenvalue weighted by atomic mass is 16.3. The SMILES string of the molecule is Cc1cc(NC(=O)CCCN(C)C)cc(C)c1O. The average molecular weight is 250 g/mol. The fourth-order valence-corrected chi connectivity index (χ4v) is 1.81. The van der Waals surface area contributed by atoms with Crippen LogP contribution in [0.25, 0.3) is 0 Å². The molecular weight excluding hydrogens is 228 g/mol. The van der Waals surface area contributed by atoms with E-state index < -0.39 is 0 Å². The lowest BCUT2D eigenvalue weighted by Gasteiger charge is -2.11. The molecule has 0 saturated carbocycles. The quantitative estimate of drug-likeness (QED) is 0.788. The predicted octanol–water partition coefficient (Wildman–Crippen LogP) is 2.29. The fourth-order valence-electron chi connectivity index (χ4n) is 1.81. The van der Waals surface area contributed by atoms with Crippen molar-refractivity contribution in [3.05, 3.63) is 23.3 Å². The molecule has 1 aromatic rings. The van der Waals surface area contributed by atoms with Crippen molar-refractivity contribution in [3.63, 3.8) is 0 Å². The third-order valence-electron chi connectivity index (χ3n) is 2.78. The molecule has 1 rings (SSSR count). The van der Waals surface area contributed by atoms with Gasteiger partial charge in [-0.3, -0.25) is 4.79 Å². The first-order chi connectivity index (χ1) is 8.40. The van der Waals surface area contributed by atoms with Crippen molar-refractivity contribution >= 4 is 11.6 Å². The number of amides is 1. The van der Waals surface area contributed by atoms with Gasteiger partial charge in [0.15, 0.2) is 0 Å². The van der Waals surface area contributed by atoms with E-state index in [0.29, 0.717) is 12.2 Å². The van der Waals surface area contributed by atoms with Crippen molar-refractivity contribution in [2.24, 2.45) is 0 Å². The van der Waals surface area contributed by atoms with Gasteiger partial charge < -0.3 is 15.3 Å². The lowest BCUT2D eigenvalue weighted by molar-refractivity contribution is -0.116. The van der Waals surface area contributed by atoms with Crippen molar-refractivity contribution in [1.29, 1.82) is 0 Å². The molecular formula is C14H22N2O2. The third kappa shape index (κ3) is 4.37. The largest absolute Gasteiger partial charge is 0.507 e. The van der Waals surface area contributed by atoms with Gasteiger partial charge in [0.2, 0.25) is 5.91 Å². The van der Waals surface area contributed by atoms with Gasteiger partial charge in [0, 0.05) is 12.1 Å². The second kappa shape index (κ2) is 6.40. The number of carbonyl (C=O) groups is 1. The summed E-state index contributed by atoms with van der Waals surface area (Å²) >= 11 is 0. The van der Waals surface area contributed by atoms with Gasteiger partial charge in [-0.25, -0.2) is 0 Å². The molecule has 0 unspecified atom stereocenters. The van der Waals surface area contributed by atoms with Crippen molar-refractivity contribution in [2.45, 2.75) is 26.7 Å². The Labute approximate surface area is 109 Å². The lowest BCUT2D eigenvalue weighted by Crippen LogP contribution is -2.17. The second-order valence-corrected chi connectivity index (χ2v) is 4.91. The van der Waals surface area contributed by atoms with E-state index in [2.05, 4.69) is 10.2 Å². The van der Waals surface area contributed by atoms with Crippen LogP contribution >= 0.6 is 0 Å². The van der Waals surface area contributed by atoms with Crippen LogP contribution in [0.5, 0.6) is 5.75 Å². The molecule has 0 saturated heterocycles. The number of rotatable bonds is 5. The Kier molecular flexibility index (Phi) is 5.16. The molecule has 0 heterocycles. The number of aromatic hydroxyl groups is 1. The standard InChI is InChI=1S/C14H22N2O2/c1-10-8-12(9-11(2)14(10)18)15-13(17)6-5-7-16(3)4/h8-9,18H,5-7H2,1-4H3,(H,15,17). The summed E-state index contributed by atoms with van der Waals surface area (Å²) in [6, 6.07) is 3.57. The number of aryl methyl sites for hydroxylation is 2. The van der Waals surface area contributed by atoms with Gasteiger partial charge in [-0.1, -0.05) is 0 Å². The average Bonchev–Trinajstić information content (AvgIpc) is 2.25. The summed E-state index contributed by atoms with van der Waals surface area (Å²) in [7, 11) is 3.98. The van der Waals surface area contributed by atoms with E-state index >= 15 is 0 Å². The molecule has 0 spiro atoms. The number of phenols is 1. The Morgan fingerprint density at radius 3 is 2.33 bits per heavy atom. The summed E-state index contributed by atoms with van der Waals surface area (Å²) in [6.07, 6.45) is 1.35. The summed E-state index contributed by atoms with van der Waals surface area (Å²) in [5, 5.41) is 12.5. The van der Waals surface area contributed by atoms with E-state index in [0.717, 1.165) is 29.8 Å². The van der Waals surface area contributed by atoms with Crippen LogP contribution in [-0.4, -0.2) is 36.6 Å². The Morgan fingerprint density at radius 2 is 1.83 bits per heavy atom. The second-order valence-electron chi connectivity index (χ2n) is 4.91. The highest BCUT2D eigenvalue weighted by molar-refractivity contribution is 5.91. The smallest absolute Gasteiger partial charge is 0.224 e. The summed E-state index contributed by atoms with van der Waals surface area (Å²) in [4.78, 5) is 13.8. The molecule has 4 nitrogen and oxygen atoms in total. The molecule has 18 heavy (non-hydrogen) atoms. The molecule has 0 radical (unpaired) electrons. The first-order valence-electron chi connectivity index (χ1n) is 6.15. The molecule has 1 amide bonds. The number of benzene rings is 1. The normalized spacial score (nSPS) is 10.7. The highest BCUT2D eigenvalue weighted by Gasteiger charge is 2.06. The number of hydrogen-bond acceptors (Lipinski definition) is 3. The Morgan fingerprint density at radius 1 is 1.28 bits per heavy atom. The van der Waals surface area contributed by atoms with Gasteiger partial charge in [-0.05, 0) is 64.2 Å². The number of nitrogens with one attached hydrogen (secondary N) is 1. The molecule has 4 heteroatoms. The summed E-state index contributed by atoms with van der Waals surface area (Å²) in [6.45, 7) is 4.55. The maximum atomic E-state index is 11.7. The zero-order valence-corrected chi connectivity index (χ0v) is 11.6. The van der Waals surface area contributed by atoms with E-state index in [1.165, 1.54) is 0 Å². The zero-order valence-electron chi connectivity index (χ0n) is 11.6. The summed E-state index contributed by atoms with van der Waals surface area (Å²) < 4.78 is 0. The zero-order chi connectivity index (χ0) is 13.7. The van der Waals surface area contributed by atoms with Gasteiger partial charge in [0.25, 0.3) is 0 Å². The molecule has 0 aliphatic rings. The van der Waals surface area contributed by atoms with Crippen LogP contribution in [-0.2, 0) is 4.79 Å². The molecule has 1 aromatic carbocycles. The minimum absolute atomic E-state index is 0.0151. The van der Waals surface area contributed by atoms with Gasteiger partial charge in [-0.15, -0.1) is 0 Å². The number of carbonyl (C=O) groups excluding carboxylic acids is 1. The van der Waals surface area contributed by atoms with Crippen molar-refractivity contribution in [2.75, 3.05) is 26.0 Å². The lowest BCUT2D eigenvalue weighted by atomic mass is 10.1. The number of phenolic OH excluding ortho intramolecular Hbond substituents is 1. The van der Waals surface area contributed by atoms with Crippen molar-refractivity contribution < 1.29 is 9.90 Å². The van der Waals surface area contributed by atoms with Crippen LogP contribution in [0.3, 0.4) is 0 Å². The van der Waals surface area contributed by atoms with Crippen LogP contribution in [0.4, 0.5) is 5.69 Å².